The fourth-order valence-corrected chi connectivity index (χ4v) is 2.93. The highest BCUT2D eigenvalue weighted by Gasteiger charge is 2.20. The van der Waals surface area contributed by atoms with Gasteiger partial charge in [-0.2, -0.15) is 0 Å². The number of pyridine rings is 1. The molecule has 0 N–H and O–H groups in total. The largest absolute Gasteiger partial charge is 0.212 e. The zero-order valence-corrected chi connectivity index (χ0v) is 14.3. The van der Waals surface area contributed by atoms with E-state index >= 15 is 0 Å². The molecule has 0 saturated carbocycles. The molecule has 0 fully saturated rings. The Morgan fingerprint density at radius 3 is 2.29 bits per heavy atom. The molecular formula is C20H28N+. The third-order valence-electron chi connectivity index (χ3n) is 3.98. The molecule has 1 heteroatoms. The molecule has 0 spiro atoms. The van der Waals surface area contributed by atoms with Crippen molar-refractivity contribution in [3.05, 3.63) is 53.2 Å². The van der Waals surface area contributed by atoms with Crippen LogP contribution in [-0.2, 0) is 19.9 Å². The minimum absolute atomic E-state index is 0.321. The van der Waals surface area contributed by atoms with Gasteiger partial charge in [0.2, 0.25) is 5.69 Å². The van der Waals surface area contributed by atoms with Crippen LogP contribution >= 0.6 is 0 Å². The molecule has 0 atom stereocenters. The van der Waals surface area contributed by atoms with Gasteiger partial charge in [-0.25, -0.2) is 4.57 Å². The van der Waals surface area contributed by atoms with Gasteiger partial charge in [-0.3, -0.25) is 0 Å². The van der Waals surface area contributed by atoms with Gasteiger partial charge in [-0.1, -0.05) is 45.9 Å². The lowest BCUT2D eigenvalue weighted by atomic mass is 9.86. The standard InChI is InChI=1S/C20H28N/c1-7-16-12-19(18-11-9-8-10-15(18)2)21(6)14-17(16)13-20(3,4)5/h8-12,14H,7,13H2,1-6H3/q+1. The van der Waals surface area contributed by atoms with Crippen molar-refractivity contribution in [1.82, 2.24) is 0 Å². The Hall–Kier alpha value is -1.63. The molecule has 0 radical (unpaired) electrons. The molecule has 1 nitrogen and oxygen atoms in total. The normalized spacial score (nSPS) is 11.7. The first-order chi connectivity index (χ1) is 9.81. The summed E-state index contributed by atoms with van der Waals surface area (Å²) in [6.07, 6.45) is 4.54. The second-order valence-electron chi connectivity index (χ2n) is 7.23. The SMILES string of the molecule is CCc1cc(-c2ccccc2C)[n+](C)cc1CC(C)(C)C. The van der Waals surface area contributed by atoms with Crippen LogP contribution in [0.5, 0.6) is 0 Å². The maximum atomic E-state index is 2.38. The monoisotopic (exact) mass is 282 g/mol. The Morgan fingerprint density at radius 1 is 1.05 bits per heavy atom. The molecule has 0 aliphatic rings. The predicted molar refractivity (Wildman–Crippen MR) is 90.3 cm³/mol. The van der Waals surface area contributed by atoms with E-state index in [-0.39, 0.29) is 0 Å². The van der Waals surface area contributed by atoms with Crippen molar-refractivity contribution in [2.45, 2.75) is 47.5 Å². The molecule has 0 aliphatic heterocycles. The Labute approximate surface area is 129 Å². The molecule has 2 aromatic rings. The van der Waals surface area contributed by atoms with Gasteiger partial charge in [0.1, 0.15) is 7.05 Å². The van der Waals surface area contributed by atoms with Gasteiger partial charge >= 0.3 is 0 Å². The predicted octanol–water partition coefficient (Wildman–Crippen LogP) is 4.64. The third kappa shape index (κ3) is 3.72. The molecule has 0 amide bonds. The van der Waals surface area contributed by atoms with Crippen LogP contribution in [0.15, 0.2) is 36.5 Å². The Balaban J connectivity index is 2.54. The Bertz CT molecular complexity index is 633. The lowest BCUT2D eigenvalue weighted by molar-refractivity contribution is -0.660. The van der Waals surface area contributed by atoms with E-state index in [1.54, 1.807) is 0 Å². The smallest absolute Gasteiger partial charge is 0.201 e. The molecule has 0 aliphatic carbocycles. The summed E-state index contributed by atoms with van der Waals surface area (Å²) in [5.41, 5.74) is 7.24. The first kappa shape index (κ1) is 15.8. The first-order valence-electron chi connectivity index (χ1n) is 7.89. The van der Waals surface area contributed by atoms with Crippen molar-refractivity contribution < 1.29 is 4.57 Å². The number of rotatable bonds is 3. The second kappa shape index (κ2) is 6.01. The Morgan fingerprint density at radius 2 is 1.71 bits per heavy atom. The highest BCUT2D eigenvalue weighted by molar-refractivity contribution is 5.61. The maximum absolute atomic E-state index is 2.38. The van der Waals surface area contributed by atoms with Gasteiger partial charge in [-0.15, -0.1) is 0 Å². The van der Waals surface area contributed by atoms with E-state index in [4.69, 9.17) is 0 Å². The summed E-state index contributed by atoms with van der Waals surface area (Å²) in [6.45, 7) is 11.4. The van der Waals surface area contributed by atoms with Crippen LogP contribution in [-0.4, -0.2) is 0 Å². The maximum Gasteiger partial charge on any atom is 0.212 e. The van der Waals surface area contributed by atoms with Crippen LogP contribution in [0.3, 0.4) is 0 Å². The van der Waals surface area contributed by atoms with Crippen molar-refractivity contribution in [3.63, 3.8) is 0 Å². The molecule has 0 unspecified atom stereocenters. The number of aromatic nitrogens is 1. The molecule has 112 valence electrons. The van der Waals surface area contributed by atoms with Gasteiger partial charge in [0.15, 0.2) is 6.20 Å². The first-order valence-corrected chi connectivity index (χ1v) is 7.89. The van der Waals surface area contributed by atoms with Crippen LogP contribution < -0.4 is 4.57 Å². The van der Waals surface area contributed by atoms with Crippen molar-refractivity contribution >= 4 is 0 Å². The highest BCUT2D eigenvalue weighted by atomic mass is 14.9. The fraction of sp³-hybridized carbons (Fsp3) is 0.450. The molecular weight excluding hydrogens is 254 g/mol. The van der Waals surface area contributed by atoms with E-state index in [1.165, 1.54) is 27.9 Å². The van der Waals surface area contributed by atoms with Crippen LogP contribution in [0.1, 0.15) is 44.4 Å². The van der Waals surface area contributed by atoms with Gasteiger partial charge in [-0.05, 0) is 42.4 Å². The van der Waals surface area contributed by atoms with Crippen LogP contribution in [0.2, 0.25) is 0 Å². The van der Waals surface area contributed by atoms with Crippen LogP contribution in [0, 0.1) is 12.3 Å². The van der Waals surface area contributed by atoms with E-state index in [0.717, 1.165) is 12.8 Å². The Kier molecular flexibility index (Phi) is 4.51. The molecule has 0 saturated heterocycles. The van der Waals surface area contributed by atoms with Crippen molar-refractivity contribution in [2.75, 3.05) is 0 Å². The van der Waals surface area contributed by atoms with Crippen molar-refractivity contribution in [2.24, 2.45) is 12.5 Å². The molecule has 2 rings (SSSR count). The van der Waals surface area contributed by atoms with E-state index in [0.29, 0.717) is 5.41 Å². The zero-order valence-electron chi connectivity index (χ0n) is 14.3. The van der Waals surface area contributed by atoms with Gasteiger partial charge in [0, 0.05) is 17.2 Å². The summed E-state index contributed by atoms with van der Waals surface area (Å²) in [4.78, 5) is 0. The van der Waals surface area contributed by atoms with Crippen molar-refractivity contribution in [3.8, 4) is 11.3 Å². The summed E-state index contributed by atoms with van der Waals surface area (Å²) in [6, 6.07) is 11.0. The minimum atomic E-state index is 0.321. The number of aryl methyl sites for hydroxylation is 3. The highest BCUT2D eigenvalue weighted by Crippen LogP contribution is 2.26. The number of hydrogen-bond donors (Lipinski definition) is 0. The van der Waals surface area contributed by atoms with Gasteiger partial charge in [0.25, 0.3) is 0 Å². The van der Waals surface area contributed by atoms with E-state index < -0.39 is 0 Å². The number of benzene rings is 1. The summed E-state index contributed by atoms with van der Waals surface area (Å²) < 4.78 is 2.28. The average molecular weight is 282 g/mol. The minimum Gasteiger partial charge on any atom is -0.201 e. The third-order valence-corrected chi connectivity index (χ3v) is 3.98. The van der Waals surface area contributed by atoms with Gasteiger partial charge in [0.05, 0.1) is 0 Å². The molecule has 1 aromatic heterocycles. The molecule has 1 heterocycles. The second-order valence-corrected chi connectivity index (χ2v) is 7.23. The molecule has 1 aromatic carbocycles. The summed E-state index contributed by atoms with van der Waals surface area (Å²) in [5, 5.41) is 0. The summed E-state index contributed by atoms with van der Waals surface area (Å²) in [5.74, 6) is 0. The summed E-state index contributed by atoms with van der Waals surface area (Å²) >= 11 is 0. The quantitative estimate of drug-likeness (QED) is 0.722. The van der Waals surface area contributed by atoms with E-state index in [9.17, 15) is 0 Å². The number of nitrogens with zero attached hydrogens (tertiary/aromatic N) is 1. The van der Waals surface area contributed by atoms with E-state index in [2.05, 4.69) is 82.8 Å². The van der Waals surface area contributed by atoms with E-state index in [1.807, 2.05) is 0 Å². The molecule has 0 bridgehead atoms. The van der Waals surface area contributed by atoms with Crippen molar-refractivity contribution in [1.29, 1.82) is 0 Å². The lowest BCUT2D eigenvalue weighted by Gasteiger charge is -2.19. The topological polar surface area (TPSA) is 3.88 Å². The fourth-order valence-electron chi connectivity index (χ4n) is 2.93. The average Bonchev–Trinajstić information content (AvgIpc) is 2.38. The van der Waals surface area contributed by atoms with Crippen LogP contribution in [0.25, 0.3) is 11.3 Å². The summed E-state index contributed by atoms with van der Waals surface area (Å²) in [7, 11) is 2.16. The van der Waals surface area contributed by atoms with Gasteiger partial charge < -0.3 is 0 Å². The number of hydrogen-bond acceptors (Lipinski definition) is 0. The lowest BCUT2D eigenvalue weighted by Crippen LogP contribution is -2.33. The van der Waals surface area contributed by atoms with Crippen LogP contribution in [0.4, 0.5) is 0 Å². The molecule has 21 heavy (non-hydrogen) atoms. The zero-order chi connectivity index (χ0) is 15.6.